The van der Waals surface area contributed by atoms with E-state index < -0.39 is 0 Å². The fourth-order valence-electron chi connectivity index (χ4n) is 1.64. The maximum atomic E-state index is 5.55. The van der Waals surface area contributed by atoms with E-state index in [1.165, 1.54) is 19.4 Å². The summed E-state index contributed by atoms with van der Waals surface area (Å²) in [6.07, 6.45) is 2.45. The van der Waals surface area contributed by atoms with E-state index in [1.54, 1.807) is 0 Å². The van der Waals surface area contributed by atoms with Crippen LogP contribution < -0.4 is 5.73 Å². The van der Waals surface area contributed by atoms with Crippen molar-refractivity contribution >= 4 is 17.3 Å². The fourth-order valence-corrected chi connectivity index (χ4v) is 1.78. The van der Waals surface area contributed by atoms with Crippen LogP contribution in [0.25, 0.3) is 0 Å². The molecule has 0 aliphatic carbocycles. The lowest BCUT2D eigenvalue weighted by atomic mass is 10.1. The molecule has 12 heavy (non-hydrogen) atoms. The van der Waals surface area contributed by atoms with Crippen molar-refractivity contribution in [1.29, 1.82) is 0 Å². The first-order valence-corrected chi connectivity index (χ1v) is 4.73. The van der Waals surface area contributed by atoms with Gasteiger partial charge in [0.05, 0.1) is 0 Å². The third-order valence-corrected chi connectivity index (χ3v) is 2.78. The van der Waals surface area contributed by atoms with Gasteiger partial charge in [0.15, 0.2) is 5.11 Å². The van der Waals surface area contributed by atoms with Crippen LogP contribution in [0.5, 0.6) is 0 Å². The first-order chi connectivity index (χ1) is 5.61. The van der Waals surface area contributed by atoms with Gasteiger partial charge in [-0.2, -0.15) is 0 Å². The lowest BCUT2D eigenvalue weighted by Gasteiger charge is -2.36. The van der Waals surface area contributed by atoms with Crippen molar-refractivity contribution < 1.29 is 0 Å². The van der Waals surface area contributed by atoms with Gasteiger partial charge in [0, 0.05) is 19.6 Å². The number of nitrogens with zero attached hydrogens (tertiary/aromatic N) is 2. The maximum Gasteiger partial charge on any atom is 0.166 e. The lowest BCUT2D eigenvalue weighted by molar-refractivity contribution is 0.182. The number of hydrogen-bond acceptors (Lipinski definition) is 2. The number of likely N-dealkylation sites (tertiary alicyclic amines) is 1. The highest BCUT2D eigenvalue weighted by atomic mass is 32.1. The van der Waals surface area contributed by atoms with Crippen LogP contribution in [-0.4, -0.2) is 48.1 Å². The van der Waals surface area contributed by atoms with Crippen molar-refractivity contribution in [1.82, 2.24) is 9.80 Å². The van der Waals surface area contributed by atoms with E-state index >= 15 is 0 Å². The fraction of sp³-hybridized carbons (Fsp3) is 0.875. The normalized spacial score (nSPS) is 25.3. The number of nitrogens with two attached hydrogens (primary N) is 1. The predicted octanol–water partition coefficient (Wildman–Crippen LogP) is 0.256. The van der Waals surface area contributed by atoms with E-state index in [-0.39, 0.29) is 0 Å². The molecule has 0 aromatic rings. The molecule has 0 bridgehead atoms. The van der Waals surface area contributed by atoms with E-state index in [0.717, 1.165) is 6.54 Å². The van der Waals surface area contributed by atoms with Crippen LogP contribution in [0.3, 0.4) is 0 Å². The first-order valence-electron chi connectivity index (χ1n) is 4.32. The van der Waals surface area contributed by atoms with Crippen molar-refractivity contribution in [3.8, 4) is 0 Å². The van der Waals surface area contributed by atoms with Crippen molar-refractivity contribution in [2.75, 3.05) is 27.2 Å². The summed E-state index contributed by atoms with van der Waals surface area (Å²) in [4.78, 5) is 4.33. The van der Waals surface area contributed by atoms with Gasteiger partial charge >= 0.3 is 0 Å². The molecule has 1 heterocycles. The Kier molecular flexibility index (Phi) is 3.29. The van der Waals surface area contributed by atoms with Crippen LogP contribution >= 0.6 is 12.2 Å². The molecule has 0 saturated carbocycles. The van der Waals surface area contributed by atoms with Gasteiger partial charge in [-0.15, -0.1) is 0 Å². The Morgan fingerprint density at radius 3 is 2.83 bits per heavy atom. The molecule has 2 N–H and O–H groups in total. The second kappa shape index (κ2) is 4.05. The summed E-state index contributed by atoms with van der Waals surface area (Å²) in [5.41, 5.74) is 5.55. The van der Waals surface area contributed by atoms with Crippen molar-refractivity contribution in [2.24, 2.45) is 5.73 Å². The second-order valence-corrected chi connectivity index (χ2v) is 3.93. The summed E-state index contributed by atoms with van der Waals surface area (Å²) in [6, 6.07) is 0.515. The third kappa shape index (κ3) is 2.32. The quantitative estimate of drug-likeness (QED) is 0.597. The smallest absolute Gasteiger partial charge is 0.166 e. The Hall–Kier alpha value is -0.350. The van der Waals surface area contributed by atoms with Crippen LogP contribution in [0.4, 0.5) is 0 Å². The van der Waals surface area contributed by atoms with Gasteiger partial charge in [0.1, 0.15) is 0 Å². The van der Waals surface area contributed by atoms with Gasteiger partial charge in [-0.05, 0) is 38.7 Å². The Bertz CT molecular complexity index is 172. The standard InChI is InChI=1S/C8H17N3S/c1-10-5-3-4-7(6-10)11(2)8(9)12/h7H,3-6H2,1-2H3,(H2,9,12). The van der Waals surface area contributed by atoms with Crippen LogP contribution in [0.15, 0.2) is 0 Å². The number of thiocarbonyl (C=S) groups is 1. The van der Waals surface area contributed by atoms with Gasteiger partial charge in [-0.3, -0.25) is 0 Å². The second-order valence-electron chi connectivity index (χ2n) is 3.51. The molecule has 1 aliphatic rings. The topological polar surface area (TPSA) is 32.5 Å². The number of rotatable bonds is 1. The monoisotopic (exact) mass is 187 g/mol. The zero-order chi connectivity index (χ0) is 9.14. The Balaban J connectivity index is 2.45. The van der Waals surface area contributed by atoms with Gasteiger partial charge in [0.2, 0.25) is 0 Å². The molecule has 70 valence electrons. The molecule has 0 aromatic carbocycles. The maximum absolute atomic E-state index is 5.55. The summed E-state index contributed by atoms with van der Waals surface area (Å²) >= 11 is 4.92. The van der Waals surface area contributed by atoms with Crippen LogP contribution in [0.1, 0.15) is 12.8 Å². The van der Waals surface area contributed by atoms with E-state index in [4.69, 9.17) is 18.0 Å². The van der Waals surface area contributed by atoms with Crippen LogP contribution in [0.2, 0.25) is 0 Å². The summed E-state index contributed by atoms with van der Waals surface area (Å²) in [5, 5.41) is 0.510. The zero-order valence-corrected chi connectivity index (χ0v) is 8.60. The largest absolute Gasteiger partial charge is 0.376 e. The molecule has 1 aliphatic heterocycles. The summed E-state index contributed by atoms with van der Waals surface area (Å²) < 4.78 is 0. The molecule has 0 amide bonds. The van der Waals surface area contributed by atoms with E-state index in [1.807, 2.05) is 11.9 Å². The SMILES string of the molecule is CN1CCCC(N(C)C(N)=S)C1. The van der Waals surface area contributed by atoms with Crippen LogP contribution in [-0.2, 0) is 0 Å². The van der Waals surface area contributed by atoms with Gasteiger partial charge in [-0.1, -0.05) is 0 Å². The third-order valence-electron chi connectivity index (χ3n) is 2.49. The molecule has 4 heteroatoms. The van der Waals surface area contributed by atoms with Gasteiger partial charge in [0.25, 0.3) is 0 Å². The molecular formula is C8H17N3S. The summed E-state index contributed by atoms with van der Waals surface area (Å²) in [6.45, 7) is 2.27. The molecule has 1 unspecified atom stereocenters. The molecule has 0 radical (unpaired) electrons. The highest BCUT2D eigenvalue weighted by Crippen LogP contribution is 2.12. The first kappa shape index (κ1) is 9.74. The minimum Gasteiger partial charge on any atom is -0.376 e. The Morgan fingerprint density at radius 2 is 2.33 bits per heavy atom. The highest BCUT2D eigenvalue weighted by molar-refractivity contribution is 7.80. The Labute approximate surface area is 79.5 Å². The van der Waals surface area contributed by atoms with E-state index in [9.17, 15) is 0 Å². The van der Waals surface area contributed by atoms with Crippen LogP contribution in [0, 0.1) is 0 Å². The zero-order valence-electron chi connectivity index (χ0n) is 7.79. The number of piperidine rings is 1. The van der Waals surface area contributed by atoms with Gasteiger partial charge in [-0.25, -0.2) is 0 Å². The molecule has 1 fully saturated rings. The molecule has 3 nitrogen and oxygen atoms in total. The molecule has 1 rings (SSSR count). The molecule has 1 atom stereocenters. The average Bonchev–Trinajstić information content (AvgIpc) is 2.03. The molecular weight excluding hydrogens is 170 g/mol. The lowest BCUT2D eigenvalue weighted by Crippen LogP contribution is -2.48. The summed E-state index contributed by atoms with van der Waals surface area (Å²) in [7, 11) is 4.12. The minimum atomic E-state index is 0.510. The molecule has 0 spiro atoms. The van der Waals surface area contributed by atoms with Crippen molar-refractivity contribution in [2.45, 2.75) is 18.9 Å². The van der Waals surface area contributed by atoms with Crippen molar-refractivity contribution in [3.63, 3.8) is 0 Å². The minimum absolute atomic E-state index is 0.510. The number of hydrogen-bond donors (Lipinski definition) is 1. The number of likely N-dealkylation sites (N-methyl/N-ethyl adjacent to an activating group) is 2. The summed E-state index contributed by atoms with van der Waals surface area (Å²) in [5.74, 6) is 0. The van der Waals surface area contributed by atoms with E-state index in [0.29, 0.717) is 11.2 Å². The van der Waals surface area contributed by atoms with Crippen molar-refractivity contribution in [3.05, 3.63) is 0 Å². The Morgan fingerprint density at radius 1 is 1.67 bits per heavy atom. The molecule has 1 saturated heterocycles. The van der Waals surface area contributed by atoms with E-state index in [2.05, 4.69) is 11.9 Å². The molecule has 0 aromatic heterocycles. The average molecular weight is 187 g/mol. The highest BCUT2D eigenvalue weighted by Gasteiger charge is 2.21. The van der Waals surface area contributed by atoms with Gasteiger partial charge < -0.3 is 15.5 Å². The predicted molar refractivity (Wildman–Crippen MR) is 55.1 cm³/mol.